The van der Waals surface area contributed by atoms with Crippen LogP contribution in [0.15, 0.2) is 11.8 Å². The van der Waals surface area contributed by atoms with Gasteiger partial charge in [-0.25, -0.2) is 0 Å². The monoisotopic (exact) mass is 115 g/mol. The summed E-state index contributed by atoms with van der Waals surface area (Å²) in [4.78, 5) is 10.8. The van der Waals surface area contributed by atoms with Gasteiger partial charge in [0.25, 0.3) is 8.32 Å². The second-order valence-corrected chi connectivity index (χ2v) is 5.64. The molecule has 0 saturated heterocycles. The van der Waals surface area contributed by atoms with Crippen LogP contribution in [0.1, 0.15) is 6.92 Å². The first kappa shape index (κ1) is 6.92. The minimum absolute atomic E-state index is 1.77. The van der Waals surface area contributed by atoms with Gasteiger partial charge in [0, 0.05) is 0 Å². The van der Waals surface area contributed by atoms with E-state index in [0.717, 1.165) is 0 Å². The van der Waals surface area contributed by atoms with Gasteiger partial charge in [-0.1, -0.05) is 11.8 Å². The zero-order valence-corrected chi connectivity index (χ0v) is 6.06. The van der Waals surface area contributed by atoms with E-state index in [9.17, 15) is 4.80 Å². The van der Waals surface area contributed by atoms with Crippen molar-refractivity contribution in [2.75, 3.05) is 0 Å². The Balaban J connectivity index is 3.56. The van der Waals surface area contributed by atoms with Gasteiger partial charge in [0.05, 0.1) is 0 Å². The van der Waals surface area contributed by atoms with Crippen LogP contribution in [0.5, 0.6) is 0 Å². The molecule has 0 spiro atoms. The highest BCUT2D eigenvalue weighted by Crippen LogP contribution is 1.96. The Morgan fingerprint density at radius 1 is 1.43 bits per heavy atom. The molecule has 0 atom stereocenters. The van der Waals surface area contributed by atoms with Crippen molar-refractivity contribution < 1.29 is 4.80 Å². The van der Waals surface area contributed by atoms with Crippen LogP contribution >= 0.6 is 0 Å². The fourth-order valence-corrected chi connectivity index (χ4v) is 1.20. The number of rotatable bonds is 1. The van der Waals surface area contributed by atoms with Gasteiger partial charge in [0.15, 0.2) is 0 Å². The quantitative estimate of drug-likeness (QED) is 0.464. The average molecular weight is 115 g/mol. The van der Waals surface area contributed by atoms with Gasteiger partial charge in [0.2, 0.25) is 0 Å². The third-order valence-corrected chi connectivity index (χ3v) is 1.70. The summed E-state index contributed by atoms with van der Waals surface area (Å²) in [6, 6.07) is 0. The molecule has 1 nitrogen and oxygen atoms in total. The number of hydrogen-bond acceptors (Lipinski definition) is 0. The Morgan fingerprint density at radius 2 is 1.86 bits per heavy atom. The maximum Gasteiger partial charge on any atom is 0.254 e. The van der Waals surface area contributed by atoms with E-state index in [0.29, 0.717) is 0 Å². The summed E-state index contributed by atoms with van der Waals surface area (Å²) in [6.45, 7) is 5.42. The van der Waals surface area contributed by atoms with E-state index in [1.807, 2.05) is 13.0 Å². The van der Waals surface area contributed by atoms with Gasteiger partial charge >= 0.3 is 0 Å². The second-order valence-electron chi connectivity index (χ2n) is 2.10. The van der Waals surface area contributed by atoms with E-state index >= 15 is 0 Å². The van der Waals surface area contributed by atoms with Crippen molar-refractivity contribution in [3.63, 3.8) is 0 Å². The summed E-state index contributed by atoms with van der Waals surface area (Å²) < 4.78 is 0. The van der Waals surface area contributed by atoms with E-state index in [1.165, 1.54) is 0 Å². The molecule has 0 aromatic rings. The molecule has 0 saturated carbocycles. The molecular formula is C5H11OSi. The lowest BCUT2D eigenvalue weighted by Crippen LogP contribution is -2.18. The van der Waals surface area contributed by atoms with E-state index in [1.54, 1.807) is 18.8 Å². The van der Waals surface area contributed by atoms with Crippen molar-refractivity contribution in [1.29, 1.82) is 0 Å². The van der Waals surface area contributed by atoms with Gasteiger partial charge in [-0.05, 0) is 20.0 Å². The molecule has 0 bridgehead atoms. The van der Waals surface area contributed by atoms with Crippen LogP contribution in [0.2, 0.25) is 13.1 Å². The molecule has 7 heavy (non-hydrogen) atoms. The second kappa shape index (κ2) is 2.28. The molecule has 0 N–H and O–H groups in total. The maximum atomic E-state index is 10.8. The van der Waals surface area contributed by atoms with E-state index in [4.69, 9.17) is 0 Å². The van der Waals surface area contributed by atoms with Crippen LogP contribution in [-0.4, -0.2) is 8.32 Å². The predicted octanol–water partition coefficient (Wildman–Crippen LogP) is 1.74. The first-order valence-corrected chi connectivity index (χ1v) is 5.39. The largest absolute Gasteiger partial charge is 0.293 e. The number of allylic oxidation sites excluding steroid dienone is 1. The molecule has 0 fully saturated rings. The Bertz CT molecular complexity index is 70.6. The van der Waals surface area contributed by atoms with Gasteiger partial charge in [-0.15, -0.1) is 0 Å². The minimum Gasteiger partial charge on any atom is -0.293 e. The summed E-state index contributed by atoms with van der Waals surface area (Å²) in [5.41, 5.74) is 1.77. The molecule has 0 aliphatic heterocycles. The van der Waals surface area contributed by atoms with Crippen molar-refractivity contribution in [2.45, 2.75) is 20.0 Å². The molecular weight excluding hydrogens is 104 g/mol. The highest BCUT2D eigenvalue weighted by atomic mass is 28.4. The smallest absolute Gasteiger partial charge is 0.254 e. The highest BCUT2D eigenvalue weighted by molar-refractivity contribution is 6.74. The zero-order chi connectivity index (χ0) is 5.91. The van der Waals surface area contributed by atoms with Crippen LogP contribution in [-0.2, 0) is 4.80 Å². The number of hydrogen-bond donors (Lipinski definition) is 0. The van der Waals surface area contributed by atoms with Crippen LogP contribution in [0.25, 0.3) is 0 Å². The summed E-state index contributed by atoms with van der Waals surface area (Å²) in [5, 5.41) is 0. The molecule has 0 rings (SSSR count). The first-order valence-electron chi connectivity index (χ1n) is 2.40. The molecule has 0 aliphatic rings. The van der Waals surface area contributed by atoms with Gasteiger partial charge in [0.1, 0.15) is 0 Å². The third-order valence-electron chi connectivity index (χ3n) is 0.568. The molecule has 0 heterocycles. The lowest BCUT2D eigenvalue weighted by molar-refractivity contribution is 0.442. The summed E-state index contributed by atoms with van der Waals surface area (Å²) in [5.74, 6) is 0. The molecule has 41 valence electrons. The van der Waals surface area contributed by atoms with Crippen molar-refractivity contribution in [2.24, 2.45) is 0 Å². The Kier molecular flexibility index (Phi) is 2.26. The van der Waals surface area contributed by atoms with E-state index in [-0.39, 0.29) is 0 Å². The van der Waals surface area contributed by atoms with E-state index in [2.05, 4.69) is 0 Å². The fourth-order valence-electron chi connectivity index (χ4n) is 0.401. The minimum atomic E-state index is -2.09. The normalized spacial score (nSPS) is 13.1. The zero-order valence-electron chi connectivity index (χ0n) is 5.06. The van der Waals surface area contributed by atoms with Crippen LogP contribution in [0, 0.1) is 0 Å². The van der Waals surface area contributed by atoms with Crippen LogP contribution < -0.4 is 0 Å². The fraction of sp³-hybridized carbons (Fsp3) is 0.600. The summed E-state index contributed by atoms with van der Waals surface area (Å²) in [7, 11) is -2.09. The highest BCUT2D eigenvalue weighted by Gasteiger charge is 2.12. The topological polar surface area (TPSA) is 19.9 Å². The summed E-state index contributed by atoms with van der Waals surface area (Å²) >= 11 is 0. The standard InChI is InChI=1S/C5H11OSi/c1-4-5-7(2,3)6/h4-5H,1-3H3/b5-4-. The molecule has 0 aromatic carbocycles. The van der Waals surface area contributed by atoms with Crippen molar-refractivity contribution in [3.05, 3.63) is 11.8 Å². The Morgan fingerprint density at radius 3 is 1.86 bits per heavy atom. The van der Waals surface area contributed by atoms with Crippen LogP contribution in [0.4, 0.5) is 0 Å². The molecule has 1 radical (unpaired) electrons. The molecule has 0 unspecified atom stereocenters. The Hall–Kier alpha value is -0.0831. The van der Waals surface area contributed by atoms with E-state index < -0.39 is 8.32 Å². The third kappa shape index (κ3) is 5.92. The molecule has 0 aromatic heterocycles. The van der Waals surface area contributed by atoms with Crippen LogP contribution in [0.3, 0.4) is 0 Å². The predicted molar refractivity (Wildman–Crippen MR) is 33.0 cm³/mol. The van der Waals surface area contributed by atoms with Crippen molar-refractivity contribution in [3.8, 4) is 0 Å². The lowest BCUT2D eigenvalue weighted by Gasteiger charge is -1.99. The van der Waals surface area contributed by atoms with Crippen molar-refractivity contribution >= 4 is 8.32 Å². The van der Waals surface area contributed by atoms with Gasteiger partial charge < -0.3 is 0 Å². The Labute approximate surface area is 45.8 Å². The maximum absolute atomic E-state index is 10.8. The van der Waals surface area contributed by atoms with Gasteiger partial charge in [-0.2, -0.15) is 0 Å². The molecule has 0 aliphatic carbocycles. The molecule has 2 heteroatoms. The SMILES string of the molecule is C/C=C\[Si](C)(C)[O]. The first-order chi connectivity index (χ1) is 3.06. The average Bonchev–Trinajstić information content (AvgIpc) is 1.30. The molecule has 0 amide bonds. The lowest BCUT2D eigenvalue weighted by atomic mass is 10.8. The van der Waals surface area contributed by atoms with Crippen molar-refractivity contribution in [1.82, 2.24) is 0 Å². The van der Waals surface area contributed by atoms with Gasteiger partial charge in [-0.3, -0.25) is 4.80 Å². The summed E-state index contributed by atoms with van der Waals surface area (Å²) in [6.07, 6.45) is 1.83.